The van der Waals surface area contributed by atoms with E-state index in [0.29, 0.717) is 17.1 Å². The van der Waals surface area contributed by atoms with Crippen LogP contribution in [-0.2, 0) is 14.4 Å². The predicted octanol–water partition coefficient (Wildman–Crippen LogP) is 3.35. The van der Waals surface area contributed by atoms with Crippen molar-refractivity contribution in [2.75, 3.05) is 16.0 Å². The standard InChI is InChI=1S/C20H21N3O3/c1-12(2)19(25)21-13-7-9-14(10-8-13)22-20(26)16-11-18(24)23-17-6-4-3-5-15(16)17/h3-10,12,16H,11H2,1-2H3,(H,21,25)(H,22,26)(H,23,24)/t16-/m1/s1. The summed E-state index contributed by atoms with van der Waals surface area (Å²) in [6.45, 7) is 3.64. The van der Waals surface area contributed by atoms with Crippen molar-refractivity contribution in [1.29, 1.82) is 0 Å². The molecule has 2 aromatic carbocycles. The Morgan fingerprint density at radius 3 is 2.27 bits per heavy atom. The van der Waals surface area contributed by atoms with E-state index in [0.717, 1.165) is 5.56 Å². The van der Waals surface area contributed by atoms with Gasteiger partial charge < -0.3 is 16.0 Å². The Balaban J connectivity index is 1.70. The monoisotopic (exact) mass is 351 g/mol. The lowest BCUT2D eigenvalue weighted by atomic mass is 9.90. The third-order valence-corrected chi connectivity index (χ3v) is 4.26. The zero-order chi connectivity index (χ0) is 18.7. The highest BCUT2D eigenvalue weighted by Crippen LogP contribution is 2.32. The van der Waals surface area contributed by atoms with Crippen LogP contribution in [0.2, 0.25) is 0 Å². The molecule has 0 spiro atoms. The number of para-hydroxylation sites is 1. The van der Waals surface area contributed by atoms with Crippen LogP contribution in [0, 0.1) is 5.92 Å². The van der Waals surface area contributed by atoms with Crippen LogP contribution in [-0.4, -0.2) is 17.7 Å². The van der Waals surface area contributed by atoms with Crippen molar-refractivity contribution in [3.8, 4) is 0 Å². The van der Waals surface area contributed by atoms with E-state index in [2.05, 4.69) is 16.0 Å². The fourth-order valence-electron chi connectivity index (χ4n) is 2.80. The maximum Gasteiger partial charge on any atom is 0.232 e. The summed E-state index contributed by atoms with van der Waals surface area (Å²) in [6, 6.07) is 14.2. The molecule has 3 rings (SSSR count). The summed E-state index contributed by atoms with van der Waals surface area (Å²) in [4.78, 5) is 36.2. The lowest BCUT2D eigenvalue weighted by Crippen LogP contribution is -2.30. The van der Waals surface area contributed by atoms with Gasteiger partial charge in [-0.1, -0.05) is 32.0 Å². The number of benzene rings is 2. The van der Waals surface area contributed by atoms with E-state index < -0.39 is 5.92 Å². The van der Waals surface area contributed by atoms with Gasteiger partial charge in [-0.05, 0) is 35.9 Å². The van der Waals surface area contributed by atoms with Gasteiger partial charge in [0.15, 0.2) is 0 Å². The van der Waals surface area contributed by atoms with Crippen molar-refractivity contribution >= 4 is 34.8 Å². The Morgan fingerprint density at radius 2 is 1.62 bits per heavy atom. The largest absolute Gasteiger partial charge is 0.326 e. The van der Waals surface area contributed by atoms with E-state index in [1.807, 2.05) is 32.0 Å². The smallest absolute Gasteiger partial charge is 0.232 e. The van der Waals surface area contributed by atoms with Gasteiger partial charge in [0, 0.05) is 29.4 Å². The van der Waals surface area contributed by atoms with Crippen LogP contribution < -0.4 is 16.0 Å². The van der Waals surface area contributed by atoms with Crippen molar-refractivity contribution in [1.82, 2.24) is 0 Å². The van der Waals surface area contributed by atoms with Gasteiger partial charge in [-0.3, -0.25) is 14.4 Å². The van der Waals surface area contributed by atoms with E-state index in [1.165, 1.54) is 0 Å². The average molecular weight is 351 g/mol. The number of fused-ring (bicyclic) bond motifs is 1. The molecule has 3 N–H and O–H groups in total. The number of carbonyl (C=O) groups excluding carboxylic acids is 3. The molecule has 1 heterocycles. The highest BCUT2D eigenvalue weighted by atomic mass is 16.2. The van der Waals surface area contributed by atoms with Crippen LogP contribution in [0.15, 0.2) is 48.5 Å². The Hall–Kier alpha value is -3.15. The van der Waals surface area contributed by atoms with E-state index in [9.17, 15) is 14.4 Å². The lowest BCUT2D eigenvalue weighted by Gasteiger charge is -2.24. The summed E-state index contributed by atoms with van der Waals surface area (Å²) in [6.07, 6.45) is 0.116. The van der Waals surface area contributed by atoms with Crippen molar-refractivity contribution in [2.24, 2.45) is 5.92 Å². The molecule has 0 aromatic heterocycles. The van der Waals surface area contributed by atoms with E-state index >= 15 is 0 Å². The fraction of sp³-hybridized carbons (Fsp3) is 0.250. The minimum absolute atomic E-state index is 0.0633. The van der Waals surface area contributed by atoms with E-state index in [-0.39, 0.29) is 30.1 Å². The van der Waals surface area contributed by atoms with Gasteiger partial charge in [0.2, 0.25) is 17.7 Å². The molecule has 3 amide bonds. The second-order valence-electron chi connectivity index (χ2n) is 6.60. The summed E-state index contributed by atoms with van der Waals surface area (Å²) in [5.41, 5.74) is 2.77. The number of hydrogen-bond donors (Lipinski definition) is 3. The first-order valence-electron chi connectivity index (χ1n) is 8.54. The molecule has 0 aliphatic carbocycles. The Labute approximate surface area is 152 Å². The van der Waals surface area contributed by atoms with Crippen LogP contribution in [0.3, 0.4) is 0 Å². The van der Waals surface area contributed by atoms with Gasteiger partial charge in [0.25, 0.3) is 0 Å². The summed E-state index contributed by atoms with van der Waals surface area (Å²) in [7, 11) is 0. The van der Waals surface area contributed by atoms with Crippen LogP contribution in [0.25, 0.3) is 0 Å². The Bertz CT molecular complexity index is 844. The third kappa shape index (κ3) is 3.91. The molecule has 134 valence electrons. The van der Waals surface area contributed by atoms with Gasteiger partial charge in [-0.25, -0.2) is 0 Å². The molecule has 0 bridgehead atoms. The molecular formula is C20H21N3O3. The zero-order valence-corrected chi connectivity index (χ0v) is 14.7. The minimum atomic E-state index is -0.528. The Morgan fingerprint density at radius 1 is 1.00 bits per heavy atom. The normalized spacial score (nSPS) is 15.8. The lowest BCUT2D eigenvalue weighted by molar-refractivity contribution is -0.123. The maximum atomic E-state index is 12.7. The van der Waals surface area contributed by atoms with Crippen molar-refractivity contribution in [3.63, 3.8) is 0 Å². The molecule has 0 saturated heterocycles. The molecule has 2 aromatic rings. The number of rotatable bonds is 4. The van der Waals surface area contributed by atoms with Gasteiger partial charge in [-0.2, -0.15) is 0 Å². The number of carbonyl (C=O) groups is 3. The van der Waals surface area contributed by atoms with E-state index in [4.69, 9.17) is 0 Å². The number of amides is 3. The van der Waals surface area contributed by atoms with Gasteiger partial charge in [0.05, 0.1) is 5.92 Å². The van der Waals surface area contributed by atoms with Crippen molar-refractivity contribution in [3.05, 3.63) is 54.1 Å². The first kappa shape index (κ1) is 17.7. The molecular weight excluding hydrogens is 330 g/mol. The summed E-state index contributed by atoms with van der Waals surface area (Å²) in [5.74, 6) is -1.10. The first-order valence-corrected chi connectivity index (χ1v) is 8.54. The summed E-state index contributed by atoms with van der Waals surface area (Å²) < 4.78 is 0. The summed E-state index contributed by atoms with van der Waals surface area (Å²) in [5, 5.41) is 8.43. The van der Waals surface area contributed by atoms with Crippen LogP contribution in [0.5, 0.6) is 0 Å². The van der Waals surface area contributed by atoms with E-state index in [1.54, 1.807) is 30.3 Å². The molecule has 0 unspecified atom stereocenters. The van der Waals surface area contributed by atoms with Crippen molar-refractivity contribution < 1.29 is 14.4 Å². The van der Waals surface area contributed by atoms with Gasteiger partial charge in [-0.15, -0.1) is 0 Å². The SMILES string of the molecule is CC(C)C(=O)Nc1ccc(NC(=O)[C@@H]2CC(=O)Nc3ccccc32)cc1. The van der Waals surface area contributed by atoms with Crippen LogP contribution in [0.4, 0.5) is 17.1 Å². The third-order valence-electron chi connectivity index (χ3n) is 4.26. The molecule has 0 radical (unpaired) electrons. The van der Waals surface area contributed by atoms with Gasteiger partial charge >= 0.3 is 0 Å². The molecule has 1 aliphatic rings. The molecule has 1 atom stereocenters. The fourth-order valence-corrected chi connectivity index (χ4v) is 2.80. The zero-order valence-electron chi connectivity index (χ0n) is 14.7. The molecule has 0 saturated carbocycles. The maximum absolute atomic E-state index is 12.7. The highest BCUT2D eigenvalue weighted by molar-refractivity contribution is 6.05. The van der Waals surface area contributed by atoms with Crippen LogP contribution >= 0.6 is 0 Å². The average Bonchev–Trinajstić information content (AvgIpc) is 2.62. The first-order chi connectivity index (χ1) is 12.4. The molecule has 6 heteroatoms. The van der Waals surface area contributed by atoms with Crippen molar-refractivity contribution in [2.45, 2.75) is 26.2 Å². The second-order valence-corrected chi connectivity index (χ2v) is 6.60. The Kier molecular flexibility index (Phi) is 5.02. The topological polar surface area (TPSA) is 87.3 Å². The summed E-state index contributed by atoms with van der Waals surface area (Å²) >= 11 is 0. The highest BCUT2D eigenvalue weighted by Gasteiger charge is 2.30. The predicted molar refractivity (Wildman–Crippen MR) is 101 cm³/mol. The molecule has 26 heavy (non-hydrogen) atoms. The minimum Gasteiger partial charge on any atom is -0.326 e. The quantitative estimate of drug-likeness (QED) is 0.789. The second kappa shape index (κ2) is 7.39. The molecule has 0 fully saturated rings. The van der Waals surface area contributed by atoms with Crippen LogP contribution in [0.1, 0.15) is 31.7 Å². The number of nitrogens with one attached hydrogen (secondary N) is 3. The molecule has 1 aliphatic heterocycles. The number of anilines is 3. The molecule has 6 nitrogen and oxygen atoms in total. The number of hydrogen-bond acceptors (Lipinski definition) is 3. The van der Waals surface area contributed by atoms with Gasteiger partial charge in [0.1, 0.15) is 0 Å².